The number of carbonyl (C=O) groups excluding carboxylic acids is 1. The molecule has 0 saturated heterocycles. The van der Waals surface area contributed by atoms with Crippen molar-refractivity contribution in [2.45, 2.75) is 18.8 Å². The maximum Gasteiger partial charge on any atom is 0.173 e. The van der Waals surface area contributed by atoms with E-state index >= 15 is 0 Å². The molecule has 0 spiro atoms. The van der Waals surface area contributed by atoms with Gasteiger partial charge in [-0.2, -0.15) is 0 Å². The SMILES string of the molecule is COc1ccc2c(c1)CCC(c1ccco1)C2=O. The zero-order chi connectivity index (χ0) is 12.5. The summed E-state index contributed by atoms with van der Waals surface area (Å²) in [5.74, 6) is 1.58. The Labute approximate surface area is 105 Å². The summed E-state index contributed by atoms with van der Waals surface area (Å²) in [4.78, 5) is 12.4. The van der Waals surface area contributed by atoms with Crippen LogP contribution in [-0.4, -0.2) is 12.9 Å². The van der Waals surface area contributed by atoms with Gasteiger partial charge in [-0.05, 0) is 48.7 Å². The number of ketones is 1. The number of hydrogen-bond acceptors (Lipinski definition) is 3. The van der Waals surface area contributed by atoms with Gasteiger partial charge in [0.15, 0.2) is 5.78 Å². The highest BCUT2D eigenvalue weighted by Crippen LogP contribution is 2.34. The summed E-state index contributed by atoms with van der Waals surface area (Å²) < 4.78 is 10.5. The summed E-state index contributed by atoms with van der Waals surface area (Å²) in [6.07, 6.45) is 3.29. The fourth-order valence-corrected chi connectivity index (χ4v) is 2.52. The summed E-state index contributed by atoms with van der Waals surface area (Å²) in [6, 6.07) is 9.33. The van der Waals surface area contributed by atoms with E-state index in [4.69, 9.17) is 9.15 Å². The molecule has 0 fully saturated rings. The number of furan rings is 1. The standard InChI is InChI=1S/C15H14O3/c1-17-11-5-7-12-10(9-11)4-6-13(15(12)16)14-3-2-8-18-14/h2-3,5,7-9,13H,4,6H2,1H3. The molecular formula is C15H14O3. The average Bonchev–Trinajstić information content (AvgIpc) is 2.92. The van der Waals surface area contributed by atoms with E-state index in [0.717, 1.165) is 35.5 Å². The van der Waals surface area contributed by atoms with Gasteiger partial charge in [-0.25, -0.2) is 0 Å². The third-order valence-electron chi connectivity index (χ3n) is 3.48. The lowest BCUT2D eigenvalue weighted by molar-refractivity contribution is 0.0935. The maximum absolute atomic E-state index is 12.4. The summed E-state index contributed by atoms with van der Waals surface area (Å²) in [5, 5.41) is 0. The first-order valence-electron chi connectivity index (χ1n) is 6.04. The smallest absolute Gasteiger partial charge is 0.173 e. The van der Waals surface area contributed by atoms with E-state index in [-0.39, 0.29) is 11.7 Å². The molecule has 0 N–H and O–H groups in total. The van der Waals surface area contributed by atoms with E-state index in [1.807, 2.05) is 30.3 Å². The number of hydrogen-bond donors (Lipinski definition) is 0. The van der Waals surface area contributed by atoms with Gasteiger partial charge in [0.2, 0.25) is 0 Å². The Morgan fingerprint density at radius 3 is 2.94 bits per heavy atom. The zero-order valence-electron chi connectivity index (χ0n) is 10.2. The first kappa shape index (κ1) is 11.1. The van der Waals surface area contributed by atoms with Crippen LogP contribution in [0.5, 0.6) is 5.75 Å². The van der Waals surface area contributed by atoms with Crippen LogP contribution < -0.4 is 4.74 Å². The predicted octanol–water partition coefficient (Wildman–Crippen LogP) is 3.20. The van der Waals surface area contributed by atoms with Gasteiger partial charge in [0, 0.05) is 5.56 Å². The Morgan fingerprint density at radius 1 is 1.33 bits per heavy atom. The third kappa shape index (κ3) is 1.72. The van der Waals surface area contributed by atoms with Crippen LogP contribution in [0.4, 0.5) is 0 Å². The molecule has 3 heteroatoms. The normalized spacial score (nSPS) is 18.5. The van der Waals surface area contributed by atoms with Crippen molar-refractivity contribution in [1.29, 1.82) is 0 Å². The number of carbonyl (C=O) groups is 1. The topological polar surface area (TPSA) is 39.4 Å². The number of Topliss-reactive ketones (excluding diaryl/α,β-unsaturated/α-hetero) is 1. The minimum atomic E-state index is -0.138. The zero-order valence-corrected chi connectivity index (χ0v) is 10.2. The van der Waals surface area contributed by atoms with Crippen molar-refractivity contribution < 1.29 is 13.9 Å². The van der Waals surface area contributed by atoms with Gasteiger partial charge in [-0.1, -0.05) is 0 Å². The molecule has 1 aliphatic rings. The van der Waals surface area contributed by atoms with Crippen molar-refractivity contribution >= 4 is 5.78 Å². The van der Waals surface area contributed by atoms with Crippen molar-refractivity contribution in [3.63, 3.8) is 0 Å². The summed E-state index contributed by atoms with van der Waals surface area (Å²) in [6.45, 7) is 0. The summed E-state index contributed by atoms with van der Waals surface area (Å²) in [5.41, 5.74) is 1.87. The number of fused-ring (bicyclic) bond motifs is 1. The van der Waals surface area contributed by atoms with E-state index in [9.17, 15) is 4.79 Å². The minimum absolute atomic E-state index is 0.138. The number of aryl methyl sites for hydroxylation is 1. The van der Waals surface area contributed by atoms with E-state index in [1.165, 1.54) is 0 Å². The second kappa shape index (κ2) is 4.33. The molecule has 1 heterocycles. The third-order valence-corrected chi connectivity index (χ3v) is 3.48. The molecule has 2 aromatic rings. The van der Waals surface area contributed by atoms with Crippen molar-refractivity contribution in [3.05, 3.63) is 53.5 Å². The fourth-order valence-electron chi connectivity index (χ4n) is 2.52. The molecular weight excluding hydrogens is 228 g/mol. The van der Waals surface area contributed by atoms with Gasteiger partial charge in [0.25, 0.3) is 0 Å². The van der Waals surface area contributed by atoms with Crippen molar-refractivity contribution in [2.75, 3.05) is 7.11 Å². The average molecular weight is 242 g/mol. The first-order chi connectivity index (χ1) is 8.79. The van der Waals surface area contributed by atoms with E-state index < -0.39 is 0 Å². The Hall–Kier alpha value is -2.03. The van der Waals surface area contributed by atoms with Gasteiger partial charge in [0.1, 0.15) is 11.5 Å². The van der Waals surface area contributed by atoms with Crippen LogP contribution in [0.1, 0.15) is 34.0 Å². The molecule has 1 aromatic carbocycles. The quantitative estimate of drug-likeness (QED) is 0.811. The molecule has 0 bridgehead atoms. The molecule has 1 aromatic heterocycles. The summed E-state index contributed by atoms with van der Waals surface area (Å²) in [7, 11) is 1.64. The highest BCUT2D eigenvalue weighted by atomic mass is 16.5. The lowest BCUT2D eigenvalue weighted by Gasteiger charge is -2.22. The predicted molar refractivity (Wildman–Crippen MR) is 67.1 cm³/mol. The van der Waals surface area contributed by atoms with E-state index in [2.05, 4.69) is 0 Å². The van der Waals surface area contributed by atoms with Crippen LogP contribution in [0.25, 0.3) is 0 Å². The second-order valence-electron chi connectivity index (χ2n) is 4.49. The van der Waals surface area contributed by atoms with Gasteiger partial charge >= 0.3 is 0 Å². The number of ether oxygens (including phenoxy) is 1. The Balaban J connectivity index is 1.97. The Kier molecular flexibility index (Phi) is 2.67. The van der Waals surface area contributed by atoms with Crippen molar-refractivity contribution in [3.8, 4) is 5.75 Å². The van der Waals surface area contributed by atoms with Crippen molar-refractivity contribution in [2.24, 2.45) is 0 Å². The molecule has 0 radical (unpaired) electrons. The summed E-state index contributed by atoms with van der Waals surface area (Å²) >= 11 is 0. The van der Waals surface area contributed by atoms with Crippen LogP contribution in [0.3, 0.4) is 0 Å². The first-order valence-corrected chi connectivity index (χ1v) is 6.04. The van der Waals surface area contributed by atoms with Gasteiger partial charge < -0.3 is 9.15 Å². The Morgan fingerprint density at radius 2 is 2.22 bits per heavy atom. The molecule has 18 heavy (non-hydrogen) atoms. The molecule has 3 nitrogen and oxygen atoms in total. The number of benzene rings is 1. The molecule has 92 valence electrons. The van der Waals surface area contributed by atoms with Gasteiger partial charge in [-0.3, -0.25) is 4.79 Å². The van der Waals surface area contributed by atoms with Crippen LogP contribution in [0.15, 0.2) is 41.0 Å². The van der Waals surface area contributed by atoms with Crippen molar-refractivity contribution in [1.82, 2.24) is 0 Å². The monoisotopic (exact) mass is 242 g/mol. The maximum atomic E-state index is 12.4. The fraction of sp³-hybridized carbons (Fsp3) is 0.267. The Bertz CT molecular complexity index is 569. The van der Waals surface area contributed by atoms with Crippen LogP contribution in [-0.2, 0) is 6.42 Å². The van der Waals surface area contributed by atoms with Crippen LogP contribution in [0, 0.1) is 0 Å². The van der Waals surface area contributed by atoms with Crippen LogP contribution >= 0.6 is 0 Å². The van der Waals surface area contributed by atoms with E-state index in [1.54, 1.807) is 13.4 Å². The minimum Gasteiger partial charge on any atom is -0.497 e. The number of rotatable bonds is 2. The molecule has 1 atom stereocenters. The molecule has 3 rings (SSSR count). The molecule has 0 amide bonds. The lowest BCUT2D eigenvalue weighted by Crippen LogP contribution is -2.20. The van der Waals surface area contributed by atoms with Crippen LogP contribution in [0.2, 0.25) is 0 Å². The van der Waals surface area contributed by atoms with Gasteiger partial charge in [0.05, 0.1) is 19.3 Å². The molecule has 0 saturated carbocycles. The molecule has 0 aliphatic heterocycles. The molecule has 1 unspecified atom stereocenters. The highest BCUT2D eigenvalue weighted by molar-refractivity contribution is 6.03. The largest absolute Gasteiger partial charge is 0.497 e. The lowest BCUT2D eigenvalue weighted by atomic mass is 9.81. The van der Waals surface area contributed by atoms with E-state index in [0.29, 0.717) is 0 Å². The second-order valence-corrected chi connectivity index (χ2v) is 4.49. The van der Waals surface area contributed by atoms with Gasteiger partial charge in [-0.15, -0.1) is 0 Å². The number of methoxy groups -OCH3 is 1. The highest BCUT2D eigenvalue weighted by Gasteiger charge is 2.30. The molecule has 1 aliphatic carbocycles.